The van der Waals surface area contributed by atoms with Gasteiger partial charge in [0.2, 0.25) is 5.91 Å². The summed E-state index contributed by atoms with van der Waals surface area (Å²) >= 11 is 0. The molecule has 132 valence electrons. The van der Waals surface area contributed by atoms with Crippen LogP contribution in [0.15, 0.2) is 12.4 Å². The highest BCUT2D eigenvalue weighted by Crippen LogP contribution is 2.29. The molecule has 0 unspecified atom stereocenters. The van der Waals surface area contributed by atoms with Gasteiger partial charge in [0, 0.05) is 59.4 Å². The number of aryl methyl sites for hydroxylation is 2. The molecule has 24 heavy (non-hydrogen) atoms. The van der Waals surface area contributed by atoms with E-state index in [1.807, 2.05) is 29.2 Å². The average molecular weight is 333 g/mol. The Balaban J connectivity index is 1.62. The summed E-state index contributed by atoms with van der Waals surface area (Å²) in [5, 5.41) is 4.15. The molecule has 0 aromatic carbocycles. The van der Waals surface area contributed by atoms with Crippen molar-refractivity contribution in [1.82, 2.24) is 24.5 Å². The molecule has 0 saturated carbocycles. The van der Waals surface area contributed by atoms with E-state index in [9.17, 15) is 9.59 Å². The van der Waals surface area contributed by atoms with Crippen LogP contribution in [0.3, 0.4) is 0 Å². The smallest absolute Gasteiger partial charge is 0.319 e. The highest BCUT2D eigenvalue weighted by molar-refractivity contribution is 5.78. The van der Waals surface area contributed by atoms with Gasteiger partial charge in [-0.3, -0.25) is 9.48 Å². The van der Waals surface area contributed by atoms with E-state index in [-0.39, 0.29) is 18.0 Å². The van der Waals surface area contributed by atoms with Crippen LogP contribution in [0.25, 0.3) is 0 Å². The molecule has 2 atom stereocenters. The molecule has 1 aromatic heterocycles. The van der Waals surface area contributed by atoms with Gasteiger partial charge in [0.05, 0.1) is 6.20 Å². The molecule has 1 aromatic rings. The number of hydrogen-bond donors (Lipinski definition) is 0. The summed E-state index contributed by atoms with van der Waals surface area (Å²) in [7, 11) is 5.45. The monoisotopic (exact) mass is 333 g/mol. The summed E-state index contributed by atoms with van der Waals surface area (Å²) in [4.78, 5) is 30.6. The second-order valence-electron chi connectivity index (χ2n) is 7.25. The van der Waals surface area contributed by atoms with E-state index >= 15 is 0 Å². The predicted octanol–water partition coefficient (Wildman–Crippen LogP) is 0.957. The van der Waals surface area contributed by atoms with Crippen LogP contribution in [-0.2, 0) is 18.3 Å². The maximum Gasteiger partial charge on any atom is 0.319 e. The van der Waals surface area contributed by atoms with Gasteiger partial charge in [-0.1, -0.05) is 0 Å². The Kier molecular flexibility index (Phi) is 4.78. The van der Waals surface area contributed by atoms with Gasteiger partial charge in [0.1, 0.15) is 0 Å². The zero-order valence-electron chi connectivity index (χ0n) is 14.8. The molecule has 4 heterocycles. The fourth-order valence-electron chi connectivity index (χ4n) is 3.82. The molecular formula is C17H27N5O2. The molecule has 3 aliphatic rings. The first-order chi connectivity index (χ1) is 11.4. The van der Waals surface area contributed by atoms with Crippen LogP contribution >= 0.6 is 0 Å². The lowest BCUT2D eigenvalue weighted by molar-refractivity contribution is -0.135. The Morgan fingerprint density at radius 3 is 2.71 bits per heavy atom. The lowest BCUT2D eigenvalue weighted by Gasteiger charge is -2.36. The van der Waals surface area contributed by atoms with Crippen molar-refractivity contribution < 1.29 is 9.59 Å². The third-order valence-corrected chi connectivity index (χ3v) is 5.07. The van der Waals surface area contributed by atoms with Gasteiger partial charge >= 0.3 is 6.03 Å². The first-order valence-corrected chi connectivity index (χ1v) is 8.67. The number of piperidine rings is 1. The second kappa shape index (κ2) is 6.83. The third kappa shape index (κ3) is 3.55. The van der Waals surface area contributed by atoms with Crippen molar-refractivity contribution in [2.45, 2.75) is 31.7 Å². The van der Waals surface area contributed by atoms with Crippen molar-refractivity contribution in [2.24, 2.45) is 13.0 Å². The average Bonchev–Trinajstić information content (AvgIpc) is 2.77. The largest absolute Gasteiger partial charge is 0.338 e. The predicted molar refractivity (Wildman–Crippen MR) is 90.4 cm³/mol. The fourth-order valence-corrected chi connectivity index (χ4v) is 3.82. The zero-order chi connectivity index (χ0) is 17.3. The first kappa shape index (κ1) is 16.8. The minimum atomic E-state index is 0.0524. The number of fused-ring (bicyclic) bond motifs is 4. The molecule has 0 aliphatic carbocycles. The number of nitrogens with zero attached hydrogens (tertiary/aromatic N) is 5. The van der Waals surface area contributed by atoms with Crippen LogP contribution in [0, 0.1) is 5.92 Å². The number of urea groups is 1. The van der Waals surface area contributed by atoms with E-state index in [2.05, 4.69) is 5.10 Å². The van der Waals surface area contributed by atoms with Crippen molar-refractivity contribution in [3.8, 4) is 0 Å². The molecule has 3 aliphatic heterocycles. The summed E-state index contributed by atoms with van der Waals surface area (Å²) in [6, 6.07) is 0.214. The number of hydrogen-bond acceptors (Lipinski definition) is 3. The summed E-state index contributed by atoms with van der Waals surface area (Å²) in [5.74, 6) is 0.600. The molecule has 7 nitrogen and oxygen atoms in total. The van der Waals surface area contributed by atoms with E-state index in [1.165, 1.54) is 0 Å². The van der Waals surface area contributed by atoms with Crippen LogP contribution < -0.4 is 0 Å². The standard InChI is InChI=1S/C17H27N5O2/c1-19(2)17(24)21-10-14-4-6-15(12-21)22(11-14)16(23)7-5-13-8-18-20(3)9-13/h8-9,14-15H,4-7,10-12H2,1-3H3/t14-,15+/m0/s1. The molecular weight excluding hydrogens is 306 g/mol. The van der Waals surface area contributed by atoms with Crippen LogP contribution in [0.5, 0.6) is 0 Å². The van der Waals surface area contributed by atoms with Gasteiger partial charge < -0.3 is 14.7 Å². The number of carbonyl (C=O) groups excluding carboxylic acids is 2. The van der Waals surface area contributed by atoms with Crippen LogP contribution in [0.4, 0.5) is 4.79 Å². The van der Waals surface area contributed by atoms with E-state index in [0.717, 1.165) is 37.9 Å². The summed E-state index contributed by atoms with van der Waals surface area (Å²) in [6.07, 6.45) is 7.12. The lowest BCUT2D eigenvalue weighted by Crippen LogP contribution is -2.48. The normalized spacial score (nSPS) is 23.3. The van der Waals surface area contributed by atoms with Crippen molar-refractivity contribution in [1.29, 1.82) is 0 Å². The summed E-state index contributed by atoms with van der Waals surface area (Å²) in [6.45, 7) is 2.21. The van der Waals surface area contributed by atoms with Gasteiger partial charge in [-0.25, -0.2) is 4.79 Å². The molecule has 0 N–H and O–H groups in total. The van der Waals surface area contributed by atoms with Crippen molar-refractivity contribution >= 4 is 11.9 Å². The number of amides is 3. The molecule has 3 fully saturated rings. The highest BCUT2D eigenvalue weighted by atomic mass is 16.2. The number of carbonyl (C=O) groups is 2. The maximum atomic E-state index is 12.7. The molecule has 3 amide bonds. The Hall–Kier alpha value is -2.05. The van der Waals surface area contributed by atoms with Crippen molar-refractivity contribution in [3.63, 3.8) is 0 Å². The molecule has 0 spiro atoms. The molecule has 4 rings (SSSR count). The van der Waals surface area contributed by atoms with Gasteiger partial charge in [0.25, 0.3) is 0 Å². The van der Waals surface area contributed by atoms with Crippen LogP contribution in [0.1, 0.15) is 24.8 Å². The van der Waals surface area contributed by atoms with Gasteiger partial charge in [0.15, 0.2) is 0 Å². The number of rotatable bonds is 3. The Morgan fingerprint density at radius 2 is 2.04 bits per heavy atom. The van der Waals surface area contributed by atoms with Crippen molar-refractivity contribution in [2.75, 3.05) is 33.7 Å². The Bertz CT molecular complexity index is 612. The quantitative estimate of drug-likeness (QED) is 0.828. The topological polar surface area (TPSA) is 61.7 Å². The molecule has 7 heteroatoms. The second-order valence-corrected chi connectivity index (χ2v) is 7.25. The van der Waals surface area contributed by atoms with Crippen molar-refractivity contribution in [3.05, 3.63) is 18.0 Å². The van der Waals surface area contributed by atoms with Gasteiger partial charge in [-0.2, -0.15) is 5.10 Å². The minimum Gasteiger partial charge on any atom is -0.338 e. The zero-order valence-corrected chi connectivity index (χ0v) is 14.8. The first-order valence-electron chi connectivity index (χ1n) is 8.67. The lowest BCUT2D eigenvalue weighted by atomic mass is 9.94. The molecule has 2 bridgehead atoms. The Morgan fingerprint density at radius 1 is 1.25 bits per heavy atom. The third-order valence-electron chi connectivity index (χ3n) is 5.07. The van der Waals surface area contributed by atoms with Gasteiger partial charge in [-0.05, 0) is 30.7 Å². The van der Waals surface area contributed by atoms with Crippen LogP contribution in [-0.4, -0.2) is 76.2 Å². The molecule has 0 radical (unpaired) electrons. The van der Waals surface area contributed by atoms with E-state index in [4.69, 9.17) is 0 Å². The summed E-state index contributed by atoms with van der Waals surface area (Å²) in [5.41, 5.74) is 1.09. The minimum absolute atomic E-state index is 0.0524. The fraction of sp³-hybridized carbons (Fsp3) is 0.706. The summed E-state index contributed by atoms with van der Waals surface area (Å²) < 4.78 is 1.76. The molecule has 3 saturated heterocycles. The maximum absolute atomic E-state index is 12.7. The van der Waals surface area contributed by atoms with E-state index in [0.29, 0.717) is 18.9 Å². The highest BCUT2D eigenvalue weighted by Gasteiger charge is 2.38. The van der Waals surface area contributed by atoms with Crippen LogP contribution in [0.2, 0.25) is 0 Å². The SMILES string of the molecule is CN(C)C(=O)N1C[C@@H]2CC[C@H](C1)N(C(=O)CCc1cnn(C)c1)C2. The van der Waals surface area contributed by atoms with E-state index < -0.39 is 0 Å². The van der Waals surface area contributed by atoms with Gasteiger partial charge in [-0.15, -0.1) is 0 Å². The van der Waals surface area contributed by atoms with E-state index in [1.54, 1.807) is 23.7 Å². The Labute approximate surface area is 143 Å². The number of aromatic nitrogens is 2.